The predicted molar refractivity (Wildman–Crippen MR) is 112 cm³/mol. The first-order chi connectivity index (χ1) is 11.3. The summed E-state index contributed by atoms with van der Waals surface area (Å²) in [5.74, 6) is 0.842. The number of hydrogen-bond donors (Lipinski definition) is 2. The number of rotatable bonds is 3. The van der Waals surface area contributed by atoms with Crippen LogP contribution in [0.15, 0.2) is 11.2 Å². The fraction of sp³-hybridized carbons (Fsp3) is 0.688. The molecule has 0 saturated carbocycles. The Kier molecular flexibility index (Phi) is 8.39. The molecule has 1 amide bonds. The number of likely N-dealkylation sites (tertiary alicyclic amines) is 1. The number of nitrogens with zero attached hydrogens (tertiary/aromatic N) is 3. The molecule has 1 unspecified atom stereocenters. The summed E-state index contributed by atoms with van der Waals surface area (Å²) in [4.78, 5) is 23.8. The number of carbonyl (C=O) groups is 1. The number of nitrogens with one attached hydrogen (secondary N) is 2. The number of carbonyl (C=O) groups excluding carboxylic acids is 1. The number of aryl methyl sites for hydroxylation is 1. The van der Waals surface area contributed by atoms with Crippen LogP contribution in [0.3, 0.4) is 0 Å². The summed E-state index contributed by atoms with van der Waals surface area (Å²) in [5.41, 5.74) is -0.479. The molecule has 1 aromatic rings. The summed E-state index contributed by atoms with van der Waals surface area (Å²) in [6.45, 7) is 9.86. The summed E-state index contributed by atoms with van der Waals surface area (Å²) in [6, 6.07) is 0.0732. The largest absolute Gasteiger partial charge is 0.444 e. The van der Waals surface area contributed by atoms with Crippen molar-refractivity contribution >= 4 is 47.4 Å². The number of alkyl carbamates (subject to hydrolysis) is 1. The van der Waals surface area contributed by atoms with Crippen molar-refractivity contribution in [3.05, 3.63) is 16.1 Å². The number of aliphatic imine (C=N–C) groups is 1. The quantitative estimate of drug-likeness (QED) is 0.395. The Bertz CT molecular complexity index is 600. The lowest BCUT2D eigenvalue weighted by molar-refractivity contribution is 0.0507. The van der Waals surface area contributed by atoms with E-state index in [2.05, 4.69) is 25.5 Å². The highest BCUT2D eigenvalue weighted by molar-refractivity contribution is 14.0. The van der Waals surface area contributed by atoms with Crippen molar-refractivity contribution < 1.29 is 9.53 Å². The lowest BCUT2D eigenvalue weighted by Crippen LogP contribution is -2.44. The van der Waals surface area contributed by atoms with Gasteiger partial charge in [-0.15, -0.1) is 35.3 Å². The topological polar surface area (TPSA) is 78.9 Å². The zero-order chi connectivity index (χ0) is 17.7. The van der Waals surface area contributed by atoms with Crippen molar-refractivity contribution in [1.29, 1.82) is 0 Å². The van der Waals surface area contributed by atoms with Crippen LogP contribution in [0, 0.1) is 6.92 Å². The molecule has 142 valence electrons. The first-order valence-electron chi connectivity index (χ1n) is 8.13. The van der Waals surface area contributed by atoms with Crippen molar-refractivity contribution in [2.24, 2.45) is 4.99 Å². The molecule has 1 aromatic heterocycles. The number of thiazole rings is 1. The van der Waals surface area contributed by atoms with Crippen molar-refractivity contribution in [3.8, 4) is 0 Å². The van der Waals surface area contributed by atoms with E-state index >= 15 is 0 Å². The summed E-state index contributed by atoms with van der Waals surface area (Å²) in [5, 5.41) is 7.34. The third-order valence-electron chi connectivity index (χ3n) is 3.51. The molecule has 1 aliphatic rings. The molecule has 1 atom stereocenters. The maximum atomic E-state index is 11.9. The molecular formula is C16H28IN5O2S. The van der Waals surface area contributed by atoms with Crippen LogP contribution in [0.25, 0.3) is 0 Å². The molecule has 0 aromatic carbocycles. The number of amides is 1. The van der Waals surface area contributed by atoms with Crippen LogP contribution in [0.2, 0.25) is 0 Å². The first-order valence-corrected chi connectivity index (χ1v) is 8.95. The molecule has 7 nitrogen and oxygen atoms in total. The Morgan fingerprint density at radius 3 is 2.80 bits per heavy atom. The monoisotopic (exact) mass is 481 g/mol. The average Bonchev–Trinajstić information content (AvgIpc) is 3.07. The molecule has 0 bridgehead atoms. The molecule has 1 fully saturated rings. The third-order valence-corrected chi connectivity index (χ3v) is 4.42. The maximum absolute atomic E-state index is 11.9. The number of guanidine groups is 1. The lowest BCUT2D eigenvalue weighted by atomic mass is 10.2. The highest BCUT2D eigenvalue weighted by Gasteiger charge is 2.27. The Morgan fingerprint density at radius 2 is 2.24 bits per heavy atom. The normalized spacial score (nSPS) is 17.9. The lowest BCUT2D eigenvalue weighted by Gasteiger charge is -2.23. The van der Waals surface area contributed by atoms with Gasteiger partial charge in [-0.1, -0.05) is 0 Å². The van der Waals surface area contributed by atoms with E-state index in [9.17, 15) is 4.79 Å². The van der Waals surface area contributed by atoms with Crippen LogP contribution in [-0.2, 0) is 11.3 Å². The van der Waals surface area contributed by atoms with E-state index in [-0.39, 0.29) is 36.1 Å². The molecule has 1 aliphatic heterocycles. The zero-order valence-corrected chi connectivity index (χ0v) is 18.6. The SMILES string of the molecule is CN=C(NCc1cnc(C)s1)N1CCC(NC(=O)OC(C)(C)C)C1.I. The van der Waals surface area contributed by atoms with Crippen molar-refractivity contribution in [2.75, 3.05) is 20.1 Å². The second-order valence-electron chi connectivity index (χ2n) is 6.82. The highest BCUT2D eigenvalue weighted by atomic mass is 127. The van der Waals surface area contributed by atoms with E-state index < -0.39 is 5.60 Å². The van der Waals surface area contributed by atoms with Gasteiger partial charge in [0.15, 0.2) is 5.96 Å². The summed E-state index contributed by atoms with van der Waals surface area (Å²) in [7, 11) is 1.77. The van der Waals surface area contributed by atoms with Gasteiger partial charge >= 0.3 is 6.09 Å². The minimum absolute atomic E-state index is 0. The Balaban J connectivity index is 0.00000312. The standard InChI is InChI=1S/C16H27N5O2S.HI/c1-11-18-8-13(24-11)9-19-14(17-5)21-7-6-12(10-21)20-15(22)23-16(2,3)4;/h8,12H,6-7,9-10H2,1-5H3,(H,17,19)(H,20,22);1H. The van der Waals surface area contributed by atoms with Crippen LogP contribution in [-0.4, -0.2) is 53.7 Å². The first kappa shape index (κ1) is 21.9. The maximum Gasteiger partial charge on any atom is 0.407 e. The molecule has 2 N–H and O–H groups in total. The average molecular weight is 481 g/mol. The molecule has 9 heteroatoms. The molecule has 1 saturated heterocycles. The number of halogens is 1. The van der Waals surface area contributed by atoms with Gasteiger partial charge in [-0.3, -0.25) is 4.99 Å². The number of ether oxygens (including phenoxy) is 1. The molecular weight excluding hydrogens is 453 g/mol. The van der Waals surface area contributed by atoms with Crippen LogP contribution in [0.4, 0.5) is 4.79 Å². The zero-order valence-electron chi connectivity index (χ0n) is 15.5. The number of hydrogen-bond acceptors (Lipinski definition) is 5. The van der Waals surface area contributed by atoms with Gasteiger partial charge < -0.3 is 20.3 Å². The Hall–Kier alpha value is -1.10. The second kappa shape index (κ2) is 9.56. The fourth-order valence-corrected chi connectivity index (χ4v) is 3.26. The molecule has 2 rings (SSSR count). The summed E-state index contributed by atoms with van der Waals surface area (Å²) in [6.07, 6.45) is 2.40. The summed E-state index contributed by atoms with van der Waals surface area (Å²) < 4.78 is 5.31. The van der Waals surface area contributed by atoms with Gasteiger partial charge in [-0.05, 0) is 34.1 Å². The van der Waals surface area contributed by atoms with Crippen LogP contribution < -0.4 is 10.6 Å². The van der Waals surface area contributed by atoms with Crippen molar-refractivity contribution in [3.63, 3.8) is 0 Å². The molecule has 0 radical (unpaired) electrons. The van der Waals surface area contributed by atoms with E-state index in [1.807, 2.05) is 33.9 Å². The highest BCUT2D eigenvalue weighted by Crippen LogP contribution is 2.14. The van der Waals surface area contributed by atoms with E-state index in [0.717, 1.165) is 30.5 Å². The van der Waals surface area contributed by atoms with E-state index in [1.165, 1.54) is 4.88 Å². The molecule has 0 aliphatic carbocycles. The smallest absolute Gasteiger partial charge is 0.407 e. The van der Waals surface area contributed by atoms with Crippen molar-refractivity contribution in [2.45, 2.75) is 52.3 Å². The van der Waals surface area contributed by atoms with Gasteiger partial charge in [0.1, 0.15) is 5.60 Å². The van der Waals surface area contributed by atoms with Gasteiger partial charge in [-0.2, -0.15) is 0 Å². The summed E-state index contributed by atoms with van der Waals surface area (Å²) >= 11 is 1.68. The van der Waals surface area contributed by atoms with Crippen LogP contribution in [0.5, 0.6) is 0 Å². The van der Waals surface area contributed by atoms with E-state index in [4.69, 9.17) is 4.74 Å². The molecule has 2 heterocycles. The van der Waals surface area contributed by atoms with Crippen LogP contribution in [0.1, 0.15) is 37.1 Å². The van der Waals surface area contributed by atoms with Gasteiger partial charge in [0.05, 0.1) is 17.6 Å². The van der Waals surface area contributed by atoms with Gasteiger partial charge in [0.25, 0.3) is 0 Å². The van der Waals surface area contributed by atoms with E-state index in [1.54, 1.807) is 18.4 Å². The van der Waals surface area contributed by atoms with Crippen LogP contribution >= 0.6 is 35.3 Å². The molecule has 0 spiro atoms. The van der Waals surface area contributed by atoms with Gasteiger partial charge in [-0.25, -0.2) is 9.78 Å². The van der Waals surface area contributed by atoms with Gasteiger partial charge in [0, 0.05) is 31.2 Å². The molecule has 25 heavy (non-hydrogen) atoms. The second-order valence-corrected chi connectivity index (χ2v) is 8.14. The number of aromatic nitrogens is 1. The third kappa shape index (κ3) is 7.35. The minimum atomic E-state index is -0.479. The minimum Gasteiger partial charge on any atom is -0.444 e. The van der Waals surface area contributed by atoms with Crippen molar-refractivity contribution in [1.82, 2.24) is 20.5 Å². The van der Waals surface area contributed by atoms with E-state index in [0.29, 0.717) is 6.54 Å². The Labute approximate surface area is 170 Å². The fourth-order valence-electron chi connectivity index (χ4n) is 2.53. The Morgan fingerprint density at radius 1 is 1.52 bits per heavy atom. The predicted octanol–water partition coefficient (Wildman–Crippen LogP) is 2.74. The van der Waals surface area contributed by atoms with Gasteiger partial charge in [0.2, 0.25) is 0 Å².